The van der Waals surface area contributed by atoms with E-state index in [-0.39, 0.29) is 6.09 Å². The van der Waals surface area contributed by atoms with Gasteiger partial charge in [-0.05, 0) is 27.2 Å². The molecule has 0 aliphatic heterocycles. The molecule has 1 amide bonds. The number of aromatic nitrogens is 2. The summed E-state index contributed by atoms with van der Waals surface area (Å²) in [6, 6.07) is 1.99. The van der Waals surface area contributed by atoms with Crippen LogP contribution in [0.4, 0.5) is 18.0 Å². The van der Waals surface area contributed by atoms with Crippen molar-refractivity contribution in [2.75, 3.05) is 6.54 Å². The van der Waals surface area contributed by atoms with Gasteiger partial charge in [0, 0.05) is 12.6 Å². The number of amides is 1. The lowest BCUT2D eigenvalue weighted by atomic mass is 10.2. The smallest absolute Gasteiger partial charge is 0.485 e. The zero-order valence-electron chi connectivity index (χ0n) is 14.3. The SMILES string of the molecule is C[n+]1cccn1CCCNC(=O)OC(C)(C)C.O=S(=O)([O-])C(F)(F)F. The van der Waals surface area contributed by atoms with Crippen LogP contribution in [0.2, 0.25) is 0 Å². The molecule has 12 heteroatoms. The molecule has 1 aromatic rings. The molecule has 0 saturated carbocycles. The summed E-state index contributed by atoms with van der Waals surface area (Å²) in [6.07, 6.45) is 4.52. The Hall–Kier alpha value is -1.82. The van der Waals surface area contributed by atoms with Gasteiger partial charge in [-0.1, -0.05) is 0 Å². The Balaban J connectivity index is 0.000000609. The summed E-state index contributed by atoms with van der Waals surface area (Å²) < 4.78 is 68.1. The molecule has 0 radical (unpaired) electrons. The molecule has 146 valence electrons. The molecular weight excluding hydrogens is 367 g/mol. The van der Waals surface area contributed by atoms with Crippen molar-refractivity contribution in [1.29, 1.82) is 0 Å². The van der Waals surface area contributed by atoms with Crippen molar-refractivity contribution >= 4 is 16.2 Å². The van der Waals surface area contributed by atoms with Crippen molar-refractivity contribution in [2.24, 2.45) is 7.05 Å². The van der Waals surface area contributed by atoms with E-state index in [0.29, 0.717) is 6.54 Å². The molecule has 0 spiro atoms. The molecule has 1 N–H and O–H groups in total. The maximum Gasteiger partial charge on any atom is 0.485 e. The van der Waals surface area contributed by atoms with E-state index in [1.807, 2.05) is 51.0 Å². The standard InChI is InChI=1S/C12H21N3O2.CHF3O3S/c1-12(2,3)17-11(16)13-7-5-9-15-10-6-8-14(15)4;2-1(3,4)8(5,6)7/h6,8,10H,5,7,9H2,1-4H3;(H,5,6,7). The lowest BCUT2D eigenvalue weighted by Crippen LogP contribution is -2.39. The summed E-state index contributed by atoms with van der Waals surface area (Å²) in [5, 5.41) is 2.74. The van der Waals surface area contributed by atoms with E-state index < -0.39 is 21.2 Å². The Kier molecular flexibility index (Phi) is 8.38. The van der Waals surface area contributed by atoms with Crippen molar-refractivity contribution in [3.8, 4) is 0 Å². The number of hydrogen-bond acceptors (Lipinski definition) is 5. The lowest BCUT2D eigenvalue weighted by Gasteiger charge is -2.19. The van der Waals surface area contributed by atoms with E-state index >= 15 is 0 Å². The molecule has 1 rings (SSSR count). The van der Waals surface area contributed by atoms with Crippen LogP contribution in [0.25, 0.3) is 0 Å². The summed E-state index contributed by atoms with van der Waals surface area (Å²) in [6.45, 7) is 7.05. The number of rotatable bonds is 4. The minimum absolute atomic E-state index is 0.352. The fraction of sp³-hybridized carbons (Fsp3) is 0.692. The molecule has 0 aliphatic rings. The molecule has 0 atom stereocenters. The van der Waals surface area contributed by atoms with Gasteiger partial charge in [-0.3, -0.25) is 0 Å². The Labute approximate surface area is 144 Å². The maximum absolute atomic E-state index is 11.3. The second-order valence-electron chi connectivity index (χ2n) is 5.91. The first kappa shape index (κ1) is 23.2. The van der Waals surface area contributed by atoms with Gasteiger partial charge in [0.05, 0.1) is 12.7 Å². The topological polar surface area (TPSA) is 104 Å². The fourth-order valence-electron chi connectivity index (χ4n) is 1.43. The van der Waals surface area contributed by atoms with E-state index in [0.717, 1.165) is 13.0 Å². The minimum Gasteiger partial charge on any atom is -0.741 e. The summed E-state index contributed by atoms with van der Waals surface area (Å²) in [5.41, 5.74) is -6.08. The third-order valence-corrected chi connectivity index (χ3v) is 3.05. The van der Waals surface area contributed by atoms with Crippen LogP contribution in [0.3, 0.4) is 0 Å². The first-order chi connectivity index (χ1) is 11.1. The van der Waals surface area contributed by atoms with E-state index in [9.17, 15) is 18.0 Å². The Morgan fingerprint density at radius 1 is 1.32 bits per heavy atom. The number of nitrogens with zero attached hydrogens (tertiary/aromatic N) is 2. The average molecular weight is 389 g/mol. The molecule has 0 saturated heterocycles. The first-order valence-electron chi connectivity index (χ1n) is 7.13. The number of halogens is 3. The summed E-state index contributed by atoms with van der Waals surface area (Å²) in [5.74, 6) is 0. The number of nitrogens with one attached hydrogen (secondary N) is 1. The monoisotopic (exact) mass is 389 g/mol. The number of carbonyl (C=O) groups excluding carboxylic acids is 1. The van der Waals surface area contributed by atoms with Gasteiger partial charge >= 0.3 is 11.6 Å². The molecule has 0 aromatic carbocycles. The van der Waals surface area contributed by atoms with E-state index in [1.165, 1.54) is 0 Å². The zero-order valence-corrected chi connectivity index (χ0v) is 15.1. The van der Waals surface area contributed by atoms with Crippen molar-refractivity contribution < 1.29 is 40.4 Å². The Morgan fingerprint density at radius 3 is 2.20 bits per heavy atom. The molecule has 0 bridgehead atoms. The van der Waals surface area contributed by atoms with Crippen LogP contribution in [0, 0.1) is 0 Å². The predicted octanol–water partition coefficient (Wildman–Crippen LogP) is 1.28. The van der Waals surface area contributed by atoms with Crippen LogP contribution in [-0.4, -0.2) is 41.4 Å². The van der Waals surface area contributed by atoms with E-state index in [4.69, 9.17) is 17.7 Å². The highest BCUT2D eigenvalue weighted by Gasteiger charge is 2.36. The maximum atomic E-state index is 11.3. The highest BCUT2D eigenvalue weighted by Crippen LogP contribution is 2.20. The summed E-state index contributed by atoms with van der Waals surface area (Å²) >= 11 is 0. The quantitative estimate of drug-likeness (QED) is 0.362. The number of hydrogen-bond donors (Lipinski definition) is 1. The predicted molar refractivity (Wildman–Crippen MR) is 80.2 cm³/mol. The number of aryl methyl sites for hydroxylation is 2. The van der Waals surface area contributed by atoms with Crippen molar-refractivity contribution in [1.82, 2.24) is 10.00 Å². The average Bonchev–Trinajstić information content (AvgIpc) is 2.76. The Morgan fingerprint density at radius 2 is 1.84 bits per heavy atom. The van der Waals surface area contributed by atoms with Crippen LogP contribution in [0.1, 0.15) is 27.2 Å². The highest BCUT2D eigenvalue weighted by atomic mass is 32.2. The molecule has 0 fully saturated rings. The first-order valence-corrected chi connectivity index (χ1v) is 8.54. The van der Waals surface area contributed by atoms with Crippen molar-refractivity contribution in [2.45, 2.75) is 44.8 Å². The van der Waals surface area contributed by atoms with Crippen LogP contribution >= 0.6 is 0 Å². The van der Waals surface area contributed by atoms with Gasteiger partial charge in [0.25, 0.3) is 0 Å². The number of carbonyl (C=O) groups is 1. The third-order valence-electron chi connectivity index (χ3n) is 2.48. The fourth-order valence-corrected chi connectivity index (χ4v) is 1.43. The molecule has 8 nitrogen and oxygen atoms in total. The molecule has 1 heterocycles. The molecule has 0 unspecified atom stereocenters. The van der Waals surface area contributed by atoms with Gasteiger partial charge in [-0.15, -0.1) is 4.68 Å². The Bertz CT molecular complexity index is 651. The van der Waals surface area contributed by atoms with Crippen LogP contribution in [0.5, 0.6) is 0 Å². The van der Waals surface area contributed by atoms with Crippen LogP contribution < -0.4 is 10.00 Å². The highest BCUT2D eigenvalue weighted by molar-refractivity contribution is 7.86. The second kappa shape index (κ2) is 9.04. The third kappa shape index (κ3) is 10.6. The van der Waals surface area contributed by atoms with Gasteiger partial charge in [-0.25, -0.2) is 13.2 Å². The number of alkyl halides is 3. The van der Waals surface area contributed by atoms with Crippen LogP contribution in [0.15, 0.2) is 18.5 Å². The molecule has 1 aromatic heterocycles. The van der Waals surface area contributed by atoms with Gasteiger partial charge in [0.15, 0.2) is 23.4 Å². The largest absolute Gasteiger partial charge is 0.741 e. The molecule has 25 heavy (non-hydrogen) atoms. The second-order valence-corrected chi connectivity index (χ2v) is 7.28. The van der Waals surface area contributed by atoms with E-state index in [2.05, 4.69) is 10.00 Å². The van der Waals surface area contributed by atoms with Gasteiger partial charge in [0.2, 0.25) is 0 Å². The van der Waals surface area contributed by atoms with Gasteiger partial charge < -0.3 is 14.6 Å². The summed E-state index contributed by atoms with van der Waals surface area (Å²) in [7, 11) is -4.10. The van der Waals surface area contributed by atoms with Crippen molar-refractivity contribution in [3.63, 3.8) is 0 Å². The molecule has 0 aliphatic carbocycles. The number of ether oxygens (including phenoxy) is 1. The normalized spacial score (nSPS) is 12.2. The lowest BCUT2D eigenvalue weighted by molar-refractivity contribution is -0.753. The van der Waals surface area contributed by atoms with Crippen LogP contribution in [-0.2, 0) is 28.4 Å². The minimum atomic E-state index is -6.09. The van der Waals surface area contributed by atoms with Gasteiger partial charge in [0.1, 0.15) is 5.60 Å². The van der Waals surface area contributed by atoms with Crippen molar-refractivity contribution in [3.05, 3.63) is 18.5 Å². The zero-order chi connectivity index (χ0) is 19.9. The number of alkyl carbamates (subject to hydrolysis) is 1. The molecular formula is C13H22F3N3O5S. The van der Waals surface area contributed by atoms with Gasteiger partial charge in [-0.2, -0.15) is 17.9 Å². The van der Waals surface area contributed by atoms with E-state index in [1.54, 1.807) is 0 Å². The summed E-state index contributed by atoms with van der Waals surface area (Å²) in [4.78, 5) is 11.3.